The van der Waals surface area contributed by atoms with Crippen molar-refractivity contribution in [2.45, 2.75) is 70.9 Å². The minimum absolute atomic E-state index is 0.353. The van der Waals surface area contributed by atoms with E-state index in [1.54, 1.807) is 0 Å². The van der Waals surface area contributed by atoms with Crippen molar-refractivity contribution in [1.82, 2.24) is 14.5 Å². The molecule has 1 N–H and O–H groups in total. The molecular weight excluding hydrogens is 360 g/mol. The summed E-state index contributed by atoms with van der Waals surface area (Å²) >= 11 is 0. The van der Waals surface area contributed by atoms with Crippen molar-refractivity contribution in [3.8, 4) is 11.1 Å². The molecule has 0 amide bonds. The minimum Gasteiger partial charge on any atom is -0.352 e. The highest BCUT2D eigenvalue weighted by atomic mass is 16.1. The van der Waals surface area contributed by atoms with Crippen LogP contribution in [0.25, 0.3) is 22.2 Å². The summed E-state index contributed by atoms with van der Waals surface area (Å²) in [6, 6.07) is 8.61. The Kier molecular flexibility index (Phi) is 5.93. The molecule has 5 nitrogen and oxygen atoms in total. The zero-order valence-corrected chi connectivity index (χ0v) is 17.4. The second-order valence-corrected chi connectivity index (χ2v) is 8.25. The Morgan fingerprint density at radius 2 is 1.97 bits per heavy atom. The molecule has 1 aliphatic rings. The molecule has 0 radical (unpaired) electrons. The van der Waals surface area contributed by atoms with Crippen LogP contribution in [0.15, 0.2) is 36.7 Å². The lowest BCUT2D eigenvalue weighted by molar-refractivity contribution is 0.112. The first-order valence-electron chi connectivity index (χ1n) is 10.9. The van der Waals surface area contributed by atoms with Crippen molar-refractivity contribution >= 4 is 23.3 Å². The van der Waals surface area contributed by atoms with Gasteiger partial charge in [-0.3, -0.25) is 4.79 Å². The van der Waals surface area contributed by atoms with Gasteiger partial charge in [0, 0.05) is 41.0 Å². The number of fused-ring (bicyclic) bond motifs is 1. The van der Waals surface area contributed by atoms with Crippen LogP contribution >= 0.6 is 0 Å². The monoisotopic (exact) mass is 390 g/mol. The van der Waals surface area contributed by atoms with E-state index in [1.807, 2.05) is 30.5 Å². The molecule has 2 aromatic heterocycles. The van der Waals surface area contributed by atoms with Crippen LogP contribution < -0.4 is 5.32 Å². The average Bonchev–Trinajstić information content (AvgIpc) is 3.13. The van der Waals surface area contributed by atoms with E-state index < -0.39 is 0 Å². The SMILES string of the molecule is CCCC(C)Nc1ncc2c(-c3ccc(C=O)cc3)cn(C3CCCCC3)c2n1. The number of nitrogens with zero attached hydrogens (tertiary/aromatic N) is 3. The number of aldehydes is 1. The standard InChI is InChI=1S/C24H30N4O/c1-3-7-17(2)26-24-25-14-21-22(19-12-10-18(16-29)11-13-19)15-28(23(21)27-24)20-8-5-4-6-9-20/h10-17,20H,3-9H2,1-2H3,(H,25,26,27). The van der Waals surface area contributed by atoms with E-state index >= 15 is 0 Å². The van der Waals surface area contributed by atoms with Gasteiger partial charge in [0.25, 0.3) is 0 Å². The molecule has 1 saturated carbocycles. The zero-order chi connectivity index (χ0) is 20.2. The molecule has 4 rings (SSSR count). The van der Waals surface area contributed by atoms with Crippen molar-refractivity contribution in [2.75, 3.05) is 5.32 Å². The quantitative estimate of drug-likeness (QED) is 0.501. The topological polar surface area (TPSA) is 59.8 Å². The highest BCUT2D eigenvalue weighted by Crippen LogP contribution is 2.36. The molecule has 1 fully saturated rings. The van der Waals surface area contributed by atoms with Gasteiger partial charge in [-0.2, -0.15) is 4.98 Å². The summed E-state index contributed by atoms with van der Waals surface area (Å²) in [6.45, 7) is 4.37. The normalized spacial score (nSPS) is 16.1. The van der Waals surface area contributed by atoms with Crippen LogP contribution in [0.5, 0.6) is 0 Å². The maximum Gasteiger partial charge on any atom is 0.224 e. The van der Waals surface area contributed by atoms with Gasteiger partial charge in [0.05, 0.1) is 0 Å². The third-order valence-electron chi connectivity index (χ3n) is 5.99. The van der Waals surface area contributed by atoms with E-state index in [-0.39, 0.29) is 0 Å². The van der Waals surface area contributed by atoms with Gasteiger partial charge in [-0.15, -0.1) is 0 Å². The van der Waals surface area contributed by atoms with E-state index in [1.165, 1.54) is 32.1 Å². The molecule has 152 valence electrons. The van der Waals surface area contributed by atoms with Crippen LogP contribution in [-0.2, 0) is 0 Å². The number of hydrogen-bond acceptors (Lipinski definition) is 4. The van der Waals surface area contributed by atoms with Crippen LogP contribution in [0.1, 0.15) is 75.2 Å². The summed E-state index contributed by atoms with van der Waals surface area (Å²) in [6.07, 6.45) is 13.6. The Balaban J connectivity index is 1.77. The van der Waals surface area contributed by atoms with Gasteiger partial charge in [-0.25, -0.2) is 4.98 Å². The highest BCUT2D eigenvalue weighted by Gasteiger charge is 2.21. The van der Waals surface area contributed by atoms with E-state index in [9.17, 15) is 4.79 Å². The van der Waals surface area contributed by atoms with Crippen LogP contribution in [0.2, 0.25) is 0 Å². The average molecular weight is 391 g/mol. The molecule has 5 heteroatoms. The lowest BCUT2D eigenvalue weighted by atomic mass is 9.95. The van der Waals surface area contributed by atoms with Crippen LogP contribution in [0.3, 0.4) is 0 Å². The van der Waals surface area contributed by atoms with Gasteiger partial charge >= 0.3 is 0 Å². The van der Waals surface area contributed by atoms with Gasteiger partial charge in [-0.1, -0.05) is 56.9 Å². The Morgan fingerprint density at radius 1 is 1.21 bits per heavy atom. The molecular formula is C24H30N4O. The molecule has 0 bridgehead atoms. The first-order chi connectivity index (χ1) is 14.2. The minimum atomic E-state index is 0.353. The first-order valence-corrected chi connectivity index (χ1v) is 10.9. The van der Waals surface area contributed by atoms with E-state index in [2.05, 4.69) is 34.9 Å². The Hall–Kier alpha value is -2.69. The number of rotatable bonds is 7. The van der Waals surface area contributed by atoms with Crippen molar-refractivity contribution in [2.24, 2.45) is 0 Å². The Labute approximate surface area is 172 Å². The Bertz CT molecular complexity index is 970. The fourth-order valence-corrected chi connectivity index (χ4v) is 4.43. The summed E-state index contributed by atoms with van der Waals surface area (Å²) in [5.41, 5.74) is 3.93. The summed E-state index contributed by atoms with van der Waals surface area (Å²) in [4.78, 5) is 20.6. The smallest absolute Gasteiger partial charge is 0.224 e. The number of hydrogen-bond donors (Lipinski definition) is 1. The van der Waals surface area contributed by atoms with Crippen LogP contribution in [0.4, 0.5) is 5.95 Å². The number of benzene rings is 1. The largest absolute Gasteiger partial charge is 0.352 e. The lowest BCUT2D eigenvalue weighted by Gasteiger charge is -2.24. The Morgan fingerprint density at radius 3 is 2.66 bits per heavy atom. The molecule has 0 spiro atoms. The van der Waals surface area contributed by atoms with Crippen molar-refractivity contribution in [1.29, 1.82) is 0 Å². The number of nitrogens with one attached hydrogen (secondary N) is 1. The van der Waals surface area contributed by atoms with Gasteiger partial charge in [0.1, 0.15) is 11.9 Å². The summed E-state index contributed by atoms with van der Waals surface area (Å²) in [7, 11) is 0. The highest BCUT2D eigenvalue weighted by molar-refractivity contribution is 5.94. The van der Waals surface area contributed by atoms with E-state index in [0.717, 1.165) is 41.3 Å². The molecule has 0 aliphatic heterocycles. The van der Waals surface area contributed by atoms with Crippen molar-refractivity contribution < 1.29 is 4.79 Å². The second-order valence-electron chi connectivity index (χ2n) is 8.25. The predicted octanol–water partition coefficient (Wildman–Crippen LogP) is 6.02. The fourth-order valence-electron chi connectivity index (χ4n) is 4.43. The van der Waals surface area contributed by atoms with Gasteiger partial charge in [0.15, 0.2) is 0 Å². The predicted molar refractivity (Wildman–Crippen MR) is 118 cm³/mol. The molecule has 2 heterocycles. The number of anilines is 1. The van der Waals surface area contributed by atoms with Gasteiger partial charge in [0.2, 0.25) is 5.95 Å². The van der Waals surface area contributed by atoms with E-state index in [0.29, 0.717) is 23.6 Å². The second kappa shape index (κ2) is 8.76. The molecule has 1 aromatic carbocycles. The number of carbonyl (C=O) groups excluding carboxylic acids is 1. The van der Waals surface area contributed by atoms with E-state index in [4.69, 9.17) is 4.98 Å². The maximum atomic E-state index is 11.0. The van der Waals surface area contributed by atoms with Gasteiger partial charge in [-0.05, 0) is 31.7 Å². The summed E-state index contributed by atoms with van der Waals surface area (Å²) < 4.78 is 2.37. The lowest BCUT2D eigenvalue weighted by Crippen LogP contribution is -2.17. The molecule has 29 heavy (non-hydrogen) atoms. The zero-order valence-electron chi connectivity index (χ0n) is 17.4. The van der Waals surface area contributed by atoms with Gasteiger partial charge < -0.3 is 9.88 Å². The molecule has 1 aliphatic carbocycles. The number of aromatic nitrogens is 3. The van der Waals surface area contributed by atoms with Crippen LogP contribution in [-0.4, -0.2) is 26.9 Å². The fraction of sp³-hybridized carbons (Fsp3) is 0.458. The number of carbonyl (C=O) groups is 1. The molecule has 0 saturated heterocycles. The molecule has 3 aromatic rings. The molecule has 1 unspecified atom stereocenters. The van der Waals surface area contributed by atoms with Crippen molar-refractivity contribution in [3.05, 3.63) is 42.2 Å². The third-order valence-corrected chi connectivity index (χ3v) is 5.99. The van der Waals surface area contributed by atoms with Crippen molar-refractivity contribution in [3.63, 3.8) is 0 Å². The summed E-state index contributed by atoms with van der Waals surface area (Å²) in [5, 5.41) is 4.53. The maximum absolute atomic E-state index is 11.0. The third kappa shape index (κ3) is 4.19. The summed E-state index contributed by atoms with van der Waals surface area (Å²) in [5.74, 6) is 0.705. The molecule has 1 atom stereocenters. The van der Waals surface area contributed by atoms with Crippen LogP contribution in [0, 0.1) is 0 Å². The first kappa shape index (κ1) is 19.6.